The summed E-state index contributed by atoms with van der Waals surface area (Å²) in [6.07, 6.45) is 0.789. The van der Waals surface area contributed by atoms with E-state index < -0.39 is 10.0 Å². The molecule has 0 aliphatic heterocycles. The zero-order chi connectivity index (χ0) is 19.3. The van der Waals surface area contributed by atoms with Crippen molar-refractivity contribution in [3.05, 3.63) is 83.9 Å². The number of nitrogens with one attached hydrogen (secondary N) is 1. The Morgan fingerprint density at radius 1 is 0.815 bits per heavy atom. The van der Waals surface area contributed by atoms with Crippen molar-refractivity contribution in [1.29, 1.82) is 0 Å². The molecule has 0 fully saturated rings. The number of anilines is 1. The summed E-state index contributed by atoms with van der Waals surface area (Å²) >= 11 is 0. The van der Waals surface area contributed by atoms with Gasteiger partial charge in [-0.1, -0.05) is 42.5 Å². The highest BCUT2D eigenvalue weighted by Crippen LogP contribution is 2.29. The van der Waals surface area contributed by atoms with Gasteiger partial charge in [0.25, 0.3) is 10.0 Å². The van der Waals surface area contributed by atoms with E-state index in [-0.39, 0.29) is 10.6 Å². The molecule has 0 aliphatic rings. The lowest BCUT2D eigenvalue weighted by Crippen LogP contribution is -2.14. The fourth-order valence-corrected chi connectivity index (χ4v) is 3.97. The number of benzene rings is 3. The number of sulfonamides is 1. The number of hydrogen-bond donors (Lipinski definition) is 1. The lowest BCUT2D eigenvalue weighted by Gasteiger charge is -2.13. The second-order valence-corrected chi connectivity index (χ2v) is 7.63. The number of ether oxygens (including phenoxy) is 2. The minimum Gasteiger partial charge on any atom is -0.497 e. The molecule has 0 unspecified atom stereocenters. The fourth-order valence-electron chi connectivity index (χ4n) is 2.73. The van der Waals surface area contributed by atoms with Gasteiger partial charge in [0.15, 0.2) is 0 Å². The monoisotopic (exact) mass is 383 g/mol. The summed E-state index contributed by atoms with van der Waals surface area (Å²) < 4.78 is 38.4. The Bertz CT molecular complexity index is 1000. The standard InChI is InChI=1S/C21H21NO4S/c1-25-19-12-13-20(26-2)21(15-19)27(23,24)22-18-10-8-17(9-11-18)14-16-6-4-3-5-7-16/h3-13,15,22H,14H2,1-2H3. The molecule has 0 atom stereocenters. The van der Waals surface area contributed by atoms with Crippen LogP contribution in [0.4, 0.5) is 5.69 Å². The predicted octanol–water partition coefficient (Wildman–Crippen LogP) is 4.10. The highest BCUT2D eigenvalue weighted by Gasteiger charge is 2.20. The van der Waals surface area contributed by atoms with Crippen LogP contribution in [0.3, 0.4) is 0 Å². The van der Waals surface area contributed by atoms with E-state index >= 15 is 0 Å². The topological polar surface area (TPSA) is 64.6 Å². The van der Waals surface area contributed by atoms with Crippen molar-refractivity contribution in [1.82, 2.24) is 0 Å². The molecule has 0 saturated carbocycles. The van der Waals surface area contributed by atoms with Gasteiger partial charge in [-0.3, -0.25) is 4.72 Å². The van der Waals surface area contributed by atoms with Crippen molar-refractivity contribution < 1.29 is 17.9 Å². The largest absolute Gasteiger partial charge is 0.497 e. The van der Waals surface area contributed by atoms with Crippen LogP contribution in [0, 0.1) is 0 Å². The predicted molar refractivity (Wildman–Crippen MR) is 106 cm³/mol. The summed E-state index contributed by atoms with van der Waals surface area (Å²) in [6.45, 7) is 0. The Labute approximate surface area is 159 Å². The van der Waals surface area contributed by atoms with Gasteiger partial charge in [0.05, 0.1) is 14.2 Å². The van der Waals surface area contributed by atoms with E-state index in [9.17, 15) is 8.42 Å². The maximum atomic E-state index is 12.8. The van der Waals surface area contributed by atoms with Crippen molar-refractivity contribution in [3.63, 3.8) is 0 Å². The Hall–Kier alpha value is -2.99. The number of hydrogen-bond acceptors (Lipinski definition) is 4. The van der Waals surface area contributed by atoms with Crippen LogP contribution < -0.4 is 14.2 Å². The lowest BCUT2D eigenvalue weighted by molar-refractivity contribution is 0.392. The first kappa shape index (κ1) is 18.8. The number of rotatable bonds is 7. The van der Waals surface area contributed by atoms with Gasteiger partial charge in [0.1, 0.15) is 16.4 Å². The molecule has 0 bridgehead atoms. The van der Waals surface area contributed by atoms with Crippen molar-refractivity contribution in [2.75, 3.05) is 18.9 Å². The highest BCUT2D eigenvalue weighted by atomic mass is 32.2. The zero-order valence-corrected chi connectivity index (χ0v) is 16.0. The third-order valence-electron chi connectivity index (χ3n) is 4.12. The van der Waals surface area contributed by atoms with E-state index in [0.29, 0.717) is 11.4 Å². The molecule has 3 aromatic rings. The molecule has 3 rings (SSSR count). The van der Waals surface area contributed by atoms with Gasteiger partial charge in [0.2, 0.25) is 0 Å². The van der Waals surface area contributed by atoms with Crippen molar-refractivity contribution in [3.8, 4) is 11.5 Å². The molecule has 0 radical (unpaired) electrons. The molecule has 0 saturated heterocycles. The van der Waals surface area contributed by atoms with Crippen molar-refractivity contribution in [2.24, 2.45) is 0 Å². The first-order chi connectivity index (χ1) is 13.0. The van der Waals surface area contributed by atoms with Gasteiger partial charge in [-0.2, -0.15) is 0 Å². The Balaban J connectivity index is 1.80. The van der Waals surface area contributed by atoms with Gasteiger partial charge < -0.3 is 9.47 Å². The summed E-state index contributed by atoms with van der Waals surface area (Å²) in [5.41, 5.74) is 2.78. The van der Waals surface area contributed by atoms with Crippen LogP contribution in [0.25, 0.3) is 0 Å². The molecule has 0 aromatic heterocycles. The molecule has 1 N–H and O–H groups in total. The average molecular weight is 383 g/mol. The SMILES string of the molecule is COc1ccc(OC)c(S(=O)(=O)Nc2ccc(Cc3ccccc3)cc2)c1. The Kier molecular flexibility index (Phi) is 5.66. The van der Waals surface area contributed by atoms with E-state index in [2.05, 4.69) is 16.9 Å². The molecule has 140 valence electrons. The summed E-state index contributed by atoms with van der Waals surface area (Å²) in [5, 5.41) is 0. The molecule has 27 heavy (non-hydrogen) atoms. The lowest BCUT2D eigenvalue weighted by atomic mass is 10.1. The van der Waals surface area contributed by atoms with Crippen LogP contribution in [-0.2, 0) is 16.4 Å². The number of methoxy groups -OCH3 is 2. The first-order valence-corrected chi connectivity index (χ1v) is 9.88. The summed E-state index contributed by atoms with van der Waals surface area (Å²) in [6, 6.07) is 22.1. The second-order valence-electron chi connectivity index (χ2n) is 5.98. The van der Waals surface area contributed by atoms with Crippen molar-refractivity contribution in [2.45, 2.75) is 11.3 Å². The normalized spacial score (nSPS) is 11.0. The van der Waals surface area contributed by atoms with Gasteiger partial charge in [-0.25, -0.2) is 8.42 Å². The van der Waals surface area contributed by atoms with Gasteiger partial charge in [-0.05, 0) is 41.8 Å². The molecular formula is C21H21NO4S. The molecular weight excluding hydrogens is 362 g/mol. The summed E-state index contributed by atoms with van der Waals surface area (Å²) in [4.78, 5) is 0.0257. The minimum atomic E-state index is -3.82. The Morgan fingerprint density at radius 3 is 2.11 bits per heavy atom. The van der Waals surface area contributed by atoms with Crippen LogP contribution in [0.2, 0.25) is 0 Å². The third kappa shape index (κ3) is 4.60. The minimum absolute atomic E-state index is 0.0257. The van der Waals surface area contributed by atoms with Crippen LogP contribution in [0.1, 0.15) is 11.1 Å². The fraction of sp³-hybridized carbons (Fsp3) is 0.143. The second kappa shape index (κ2) is 8.14. The third-order valence-corrected chi connectivity index (χ3v) is 5.52. The van der Waals surface area contributed by atoms with E-state index in [4.69, 9.17) is 9.47 Å². The molecule has 3 aromatic carbocycles. The quantitative estimate of drug-likeness (QED) is 0.667. The van der Waals surface area contributed by atoms with Crippen LogP contribution in [0.5, 0.6) is 11.5 Å². The molecule has 0 heterocycles. The summed E-state index contributed by atoms with van der Waals surface area (Å²) in [5.74, 6) is 0.693. The average Bonchev–Trinajstić information content (AvgIpc) is 2.69. The van der Waals surface area contributed by atoms with E-state index in [1.165, 1.54) is 25.8 Å². The maximum Gasteiger partial charge on any atom is 0.265 e. The Morgan fingerprint density at radius 2 is 1.48 bits per heavy atom. The van der Waals surface area contributed by atoms with E-state index in [1.54, 1.807) is 24.3 Å². The van der Waals surface area contributed by atoms with Gasteiger partial charge in [0, 0.05) is 11.8 Å². The molecule has 0 aliphatic carbocycles. The smallest absolute Gasteiger partial charge is 0.265 e. The molecule has 5 nitrogen and oxygen atoms in total. The van der Waals surface area contributed by atoms with Crippen LogP contribution in [0.15, 0.2) is 77.7 Å². The first-order valence-electron chi connectivity index (χ1n) is 8.39. The van der Waals surface area contributed by atoms with E-state index in [0.717, 1.165) is 12.0 Å². The van der Waals surface area contributed by atoms with Crippen molar-refractivity contribution >= 4 is 15.7 Å². The molecule has 6 heteroatoms. The zero-order valence-electron chi connectivity index (χ0n) is 15.2. The van der Waals surface area contributed by atoms with Gasteiger partial charge >= 0.3 is 0 Å². The maximum absolute atomic E-state index is 12.8. The summed E-state index contributed by atoms with van der Waals surface area (Å²) in [7, 11) is -0.902. The van der Waals surface area contributed by atoms with Gasteiger partial charge in [-0.15, -0.1) is 0 Å². The van der Waals surface area contributed by atoms with Crippen LogP contribution in [-0.4, -0.2) is 22.6 Å². The highest BCUT2D eigenvalue weighted by molar-refractivity contribution is 7.92. The molecule has 0 amide bonds. The van der Waals surface area contributed by atoms with E-state index in [1.807, 2.05) is 30.3 Å². The van der Waals surface area contributed by atoms with Crippen LogP contribution >= 0.6 is 0 Å². The molecule has 0 spiro atoms.